The fourth-order valence-corrected chi connectivity index (χ4v) is 3.40. The summed E-state index contributed by atoms with van der Waals surface area (Å²) in [7, 11) is -3.80. The summed E-state index contributed by atoms with van der Waals surface area (Å²) >= 11 is 0. The number of aromatic nitrogens is 3. The minimum atomic E-state index is -3.80. The van der Waals surface area contributed by atoms with Crippen LogP contribution in [0.15, 0.2) is 47.5 Å². The van der Waals surface area contributed by atoms with E-state index in [1.807, 2.05) is 0 Å². The number of hydrogen-bond donors (Lipinski definition) is 1. The van der Waals surface area contributed by atoms with Crippen molar-refractivity contribution in [3.05, 3.63) is 54.0 Å². The number of rotatable bonds is 5. The molecule has 0 bridgehead atoms. The number of Topliss-reactive ketones (excluding diaryl/α,β-unsaturated/α-hetero) is 1. The van der Waals surface area contributed by atoms with Gasteiger partial charge in [-0.3, -0.25) is 9.52 Å². The molecule has 0 saturated heterocycles. The van der Waals surface area contributed by atoms with Crippen LogP contribution >= 0.6 is 0 Å². The maximum atomic E-state index is 12.5. The Hall–Kier alpha value is -2.74. The van der Waals surface area contributed by atoms with Gasteiger partial charge in [-0.05, 0) is 31.2 Å². The number of carbonyl (C=O) groups excluding carboxylic acids is 1. The fourth-order valence-electron chi connectivity index (χ4n) is 2.31. The molecule has 3 rings (SSSR count). The number of pyridine rings is 1. The molecule has 0 unspecified atom stereocenters. The van der Waals surface area contributed by atoms with Crippen molar-refractivity contribution < 1.29 is 13.2 Å². The number of benzene rings is 1. The first-order chi connectivity index (χ1) is 11.4. The molecule has 7 nitrogen and oxygen atoms in total. The van der Waals surface area contributed by atoms with Gasteiger partial charge in [-0.1, -0.05) is 19.1 Å². The summed E-state index contributed by atoms with van der Waals surface area (Å²) in [6.45, 7) is 3.49. The SMILES string of the molecule is CCC(=O)c1cccc(S(=O)(=O)Nc2ccc3nc(C)nn3c2)c1. The van der Waals surface area contributed by atoms with Gasteiger partial charge in [0.15, 0.2) is 11.4 Å². The van der Waals surface area contributed by atoms with E-state index in [2.05, 4.69) is 14.8 Å². The number of sulfonamides is 1. The fraction of sp³-hybridized carbons (Fsp3) is 0.188. The van der Waals surface area contributed by atoms with Gasteiger partial charge in [0.1, 0.15) is 5.82 Å². The zero-order valence-corrected chi connectivity index (χ0v) is 14.0. The average molecular weight is 344 g/mol. The van der Waals surface area contributed by atoms with Crippen LogP contribution in [0, 0.1) is 6.92 Å². The van der Waals surface area contributed by atoms with E-state index in [4.69, 9.17) is 0 Å². The number of anilines is 1. The molecule has 2 heterocycles. The molecule has 0 aliphatic rings. The molecule has 8 heteroatoms. The summed E-state index contributed by atoms with van der Waals surface area (Å²) in [4.78, 5) is 16.0. The summed E-state index contributed by atoms with van der Waals surface area (Å²) in [5, 5.41) is 4.15. The summed E-state index contributed by atoms with van der Waals surface area (Å²) in [5.41, 5.74) is 1.37. The summed E-state index contributed by atoms with van der Waals surface area (Å²) in [6, 6.07) is 9.28. The van der Waals surface area contributed by atoms with Gasteiger partial charge in [0.05, 0.1) is 16.8 Å². The van der Waals surface area contributed by atoms with Crippen molar-refractivity contribution in [2.45, 2.75) is 25.2 Å². The lowest BCUT2D eigenvalue weighted by atomic mass is 10.1. The second kappa shape index (κ2) is 6.04. The van der Waals surface area contributed by atoms with E-state index < -0.39 is 10.0 Å². The van der Waals surface area contributed by atoms with Crippen molar-refractivity contribution in [3.8, 4) is 0 Å². The molecule has 0 aliphatic carbocycles. The number of fused-ring (bicyclic) bond motifs is 1. The highest BCUT2D eigenvalue weighted by molar-refractivity contribution is 7.92. The predicted molar refractivity (Wildman–Crippen MR) is 89.6 cm³/mol. The lowest BCUT2D eigenvalue weighted by Crippen LogP contribution is -2.14. The molecule has 3 aromatic rings. The third-order valence-corrected chi connectivity index (χ3v) is 4.86. The minimum absolute atomic E-state index is 0.0386. The zero-order valence-electron chi connectivity index (χ0n) is 13.2. The minimum Gasteiger partial charge on any atom is -0.294 e. The first kappa shape index (κ1) is 16.1. The van der Waals surface area contributed by atoms with Crippen LogP contribution in [0.3, 0.4) is 0 Å². The smallest absolute Gasteiger partial charge is 0.261 e. The molecule has 0 amide bonds. The van der Waals surface area contributed by atoms with Gasteiger partial charge >= 0.3 is 0 Å². The third-order valence-electron chi connectivity index (χ3n) is 3.48. The number of nitrogens with zero attached hydrogens (tertiary/aromatic N) is 3. The van der Waals surface area contributed by atoms with Gasteiger partial charge in [0.25, 0.3) is 10.0 Å². The second-order valence-electron chi connectivity index (χ2n) is 5.29. The predicted octanol–water partition coefficient (Wildman–Crippen LogP) is 2.43. The number of hydrogen-bond acceptors (Lipinski definition) is 5. The van der Waals surface area contributed by atoms with E-state index in [0.29, 0.717) is 29.1 Å². The molecule has 0 aliphatic heterocycles. The molecular weight excluding hydrogens is 328 g/mol. The van der Waals surface area contributed by atoms with Crippen molar-refractivity contribution >= 4 is 27.1 Å². The van der Waals surface area contributed by atoms with Crippen LogP contribution in [-0.2, 0) is 10.0 Å². The number of nitrogens with one attached hydrogen (secondary N) is 1. The molecule has 0 saturated carbocycles. The first-order valence-corrected chi connectivity index (χ1v) is 8.86. The molecule has 0 spiro atoms. The normalized spacial score (nSPS) is 11.6. The Morgan fingerprint density at radius 3 is 2.79 bits per heavy atom. The van der Waals surface area contributed by atoms with E-state index >= 15 is 0 Å². The Balaban J connectivity index is 1.93. The summed E-state index contributed by atoms with van der Waals surface area (Å²) in [6.07, 6.45) is 1.87. The topological polar surface area (TPSA) is 93.4 Å². The molecular formula is C16H16N4O3S. The molecule has 2 aromatic heterocycles. The Morgan fingerprint density at radius 1 is 1.25 bits per heavy atom. The first-order valence-electron chi connectivity index (χ1n) is 7.38. The maximum Gasteiger partial charge on any atom is 0.261 e. The molecule has 1 aromatic carbocycles. The highest BCUT2D eigenvalue weighted by Crippen LogP contribution is 2.18. The summed E-state index contributed by atoms with van der Waals surface area (Å²) < 4.78 is 29.1. The van der Waals surface area contributed by atoms with Crippen LogP contribution in [0.4, 0.5) is 5.69 Å². The van der Waals surface area contributed by atoms with Crippen molar-refractivity contribution in [1.82, 2.24) is 14.6 Å². The highest BCUT2D eigenvalue weighted by Gasteiger charge is 2.16. The van der Waals surface area contributed by atoms with Crippen molar-refractivity contribution in [2.24, 2.45) is 0 Å². The monoisotopic (exact) mass is 344 g/mol. The van der Waals surface area contributed by atoms with Crippen LogP contribution < -0.4 is 4.72 Å². The van der Waals surface area contributed by atoms with E-state index in [0.717, 1.165) is 0 Å². The van der Waals surface area contributed by atoms with Crippen molar-refractivity contribution in [2.75, 3.05) is 4.72 Å². The molecule has 0 radical (unpaired) electrons. The maximum absolute atomic E-state index is 12.5. The number of ketones is 1. The Morgan fingerprint density at radius 2 is 2.04 bits per heavy atom. The Labute approximate surface area is 139 Å². The van der Waals surface area contributed by atoms with Gasteiger partial charge in [0.2, 0.25) is 0 Å². The standard InChI is InChI=1S/C16H16N4O3S/c1-3-15(21)12-5-4-6-14(9-12)24(22,23)19-13-7-8-16-17-11(2)18-20(16)10-13/h4-10,19H,3H2,1-2H3. The van der Waals surface area contributed by atoms with E-state index in [-0.39, 0.29) is 10.7 Å². The van der Waals surface area contributed by atoms with Crippen molar-refractivity contribution in [1.29, 1.82) is 0 Å². The molecule has 0 atom stereocenters. The van der Waals surface area contributed by atoms with Gasteiger partial charge in [-0.25, -0.2) is 17.9 Å². The second-order valence-corrected chi connectivity index (χ2v) is 6.97. The summed E-state index contributed by atoms with van der Waals surface area (Å²) in [5.74, 6) is 0.493. The van der Waals surface area contributed by atoms with Gasteiger partial charge in [0, 0.05) is 12.0 Å². The van der Waals surface area contributed by atoms with Gasteiger partial charge < -0.3 is 0 Å². The van der Waals surface area contributed by atoms with Gasteiger partial charge in [-0.15, -0.1) is 0 Å². The Bertz CT molecular complexity index is 1020. The van der Waals surface area contributed by atoms with E-state index in [1.165, 1.54) is 16.6 Å². The molecule has 0 fully saturated rings. The largest absolute Gasteiger partial charge is 0.294 e. The lowest BCUT2D eigenvalue weighted by Gasteiger charge is -2.09. The highest BCUT2D eigenvalue weighted by atomic mass is 32.2. The molecule has 1 N–H and O–H groups in total. The number of aryl methyl sites for hydroxylation is 1. The molecule has 124 valence electrons. The van der Waals surface area contributed by atoms with Crippen LogP contribution in [0.1, 0.15) is 29.5 Å². The van der Waals surface area contributed by atoms with Crippen LogP contribution in [-0.4, -0.2) is 28.8 Å². The Kier molecular flexibility index (Phi) is 4.06. The quantitative estimate of drug-likeness (QED) is 0.718. The van der Waals surface area contributed by atoms with E-state index in [9.17, 15) is 13.2 Å². The zero-order chi connectivity index (χ0) is 17.3. The van der Waals surface area contributed by atoms with E-state index in [1.54, 1.807) is 44.3 Å². The van der Waals surface area contributed by atoms with Gasteiger partial charge in [-0.2, -0.15) is 5.10 Å². The van der Waals surface area contributed by atoms with Crippen LogP contribution in [0.5, 0.6) is 0 Å². The average Bonchev–Trinajstić information content (AvgIpc) is 2.93. The number of carbonyl (C=O) groups is 1. The van der Waals surface area contributed by atoms with Crippen LogP contribution in [0.25, 0.3) is 5.65 Å². The molecule has 24 heavy (non-hydrogen) atoms. The van der Waals surface area contributed by atoms with Crippen molar-refractivity contribution in [3.63, 3.8) is 0 Å². The third kappa shape index (κ3) is 3.13. The lowest BCUT2D eigenvalue weighted by molar-refractivity contribution is 0.0988. The van der Waals surface area contributed by atoms with Crippen LogP contribution in [0.2, 0.25) is 0 Å².